The van der Waals surface area contributed by atoms with Crippen molar-refractivity contribution in [1.82, 2.24) is 4.98 Å². The van der Waals surface area contributed by atoms with Crippen LogP contribution in [-0.2, 0) is 30.5 Å². The van der Waals surface area contributed by atoms with Gasteiger partial charge < -0.3 is 14.6 Å². The number of para-hydroxylation sites is 1. The zero-order valence-corrected chi connectivity index (χ0v) is 31.0. The second kappa shape index (κ2) is 19.7. The number of ether oxygens (including phenoxy) is 2. The second-order valence-electron chi connectivity index (χ2n) is 13.8. The van der Waals surface area contributed by atoms with Crippen molar-refractivity contribution in [3.05, 3.63) is 113 Å². The number of Topliss-reactive ketones (excluding diaryl/α,β-unsaturated/α-hetero) is 1. The average molecular weight is 682 g/mol. The molecule has 1 aromatic carbocycles. The molecule has 0 spiro atoms. The summed E-state index contributed by atoms with van der Waals surface area (Å²) < 4.78 is 10.9. The Kier molecular flexibility index (Phi) is 15.8. The molecule has 0 aliphatic carbocycles. The number of hydrogen-bond donors (Lipinski definition) is 1. The quantitative estimate of drug-likeness (QED) is 0.101. The number of carbonyl (C=O) groups is 3. The van der Waals surface area contributed by atoms with E-state index in [1.54, 1.807) is 13.1 Å². The van der Waals surface area contributed by atoms with Crippen molar-refractivity contribution >= 4 is 28.6 Å². The number of ketones is 1. The van der Waals surface area contributed by atoms with Crippen LogP contribution in [-0.4, -0.2) is 40.0 Å². The summed E-state index contributed by atoms with van der Waals surface area (Å²) in [5.74, 6) is -1.46. The van der Waals surface area contributed by atoms with Gasteiger partial charge in [0.2, 0.25) is 0 Å². The number of allylic oxidation sites excluding steroid dienone is 8. The van der Waals surface area contributed by atoms with Crippen molar-refractivity contribution in [2.24, 2.45) is 29.6 Å². The van der Waals surface area contributed by atoms with Crippen LogP contribution in [0.1, 0.15) is 80.2 Å². The van der Waals surface area contributed by atoms with Crippen LogP contribution in [0.15, 0.2) is 108 Å². The van der Waals surface area contributed by atoms with Gasteiger partial charge in [-0.2, -0.15) is 0 Å². The molecule has 0 saturated carbocycles. The minimum Gasteiger partial charge on any atom is -0.458 e. The summed E-state index contributed by atoms with van der Waals surface area (Å²) in [5.41, 5.74) is 4.60. The van der Waals surface area contributed by atoms with E-state index in [4.69, 9.17) is 9.47 Å². The smallest absolute Gasteiger partial charge is 0.331 e. The summed E-state index contributed by atoms with van der Waals surface area (Å²) in [6.07, 6.45) is 20.0. The standard InChI is InChI=1S/C43H55NO6/c1-9-35(19-20-38-31(5)18-21-39(45)50-38)25-29(3)14-10-13-28(2)23-32(6)42(47)34(8)43(48)33(7)24-30(4)26-40(46)49-27-37-16-11-15-36-17-12-22-44-41(36)37/h10-13,15-23,25-26,29,31-34,38,43,48H,9,14,24,27H2,1-8H3/b13-10+,20-19+,28-23+,30-26+,35-25-/t29-,31+,32-,33+,34?,38+,43-/m1/s1. The van der Waals surface area contributed by atoms with Crippen molar-refractivity contribution in [3.8, 4) is 0 Å². The van der Waals surface area contributed by atoms with Gasteiger partial charge >= 0.3 is 11.9 Å². The molecule has 7 atom stereocenters. The van der Waals surface area contributed by atoms with Crippen LogP contribution in [0.5, 0.6) is 0 Å². The largest absolute Gasteiger partial charge is 0.458 e. The van der Waals surface area contributed by atoms with Gasteiger partial charge in [0.25, 0.3) is 0 Å². The zero-order chi connectivity index (χ0) is 36.8. The predicted molar refractivity (Wildman–Crippen MR) is 201 cm³/mol. The second-order valence-corrected chi connectivity index (χ2v) is 13.8. The number of aliphatic hydroxyl groups is 1. The van der Waals surface area contributed by atoms with Crippen molar-refractivity contribution in [2.75, 3.05) is 0 Å². The van der Waals surface area contributed by atoms with E-state index in [-0.39, 0.29) is 42.2 Å². The number of aromatic nitrogens is 1. The minimum atomic E-state index is -0.852. The number of pyridine rings is 1. The maximum atomic E-state index is 13.3. The monoisotopic (exact) mass is 681 g/mol. The third-order valence-corrected chi connectivity index (χ3v) is 9.20. The Hall–Kier alpha value is -4.36. The van der Waals surface area contributed by atoms with E-state index < -0.39 is 18.0 Å². The zero-order valence-electron chi connectivity index (χ0n) is 31.0. The van der Waals surface area contributed by atoms with E-state index in [0.29, 0.717) is 12.3 Å². The fourth-order valence-corrected chi connectivity index (χ4v) is 6.22. The average Bonchev–Trinajstić information content (AvgIpc) is 3.09. The van der Waals surface area contributed by atoms with Crippen molar-refractivity contribution in [3.63, 3.8) is 0 Å². The Labute approximate surface area is 298 Å². The lowest BCUT2D eigenvalue weighted by molar-refractivity contribution is -0.143. The molecule has 1 unspecified atom stereocenters. The first-order valence-corrected chi connectivity index (χ1v) is 17.8. The number of esters is 2. The van der Waals surface area contributed by atoms with Crippen LogP contribution < -0.4 is 0 Å². The molecule has 50 heavy (non-hydrogen) atoms. The minimum absolute atomic E-state index is 0.0222. The molecule has 1 aliphatic heterocycles. The number of nitrogens with zero attached hydrogens (tertiary/aromatic N) is 1. The van der Waals surface area contributed by atoms with E-state index in [0.717, 1.165) is 40.5 Å². The van der Waals surface area contributed by atoms with Gasteiger partial charge in [-0.15, -0.1) is 0 Å². The Morgan fingerprint density at radius 2 is 1.80 bits per heavy atom. The van der Waals surface area contributed by atoms with E-state index in [1.807, 2.05) is 89.3 Å². The first-order valence-electron chi connectivity index (χ1n) is 17.8. The van der Waals surface area contributed by atoms with Gasteiger partial charge in [-0.25, -0.2) is 9.59 Å². The van der Waals surface area contributed by atoms with Crippen LogP contribution in [0, 0.1) is 29.6 Å². The van der Waals surface area contributed by atoms with Gasteiger partial charge in [-0.05, 0) is 57.1 Å². The van der Waals surface area contributed by atoms with Crippen LogP contribution in [0.25, 0.3) is 10.9 Å². The fraction of sp³-hybridized carbons (Fsp3) is 0.442. The topological polar surface area (TPSA) is 103 Å². The SMILES string of the molecule is CCC(=C/[C@H](C)C/C=C/C(C)=C/[C@@H](C)C(=O)C(C)[C@H](O)[C@@H](C)C/C(C)=C/C(=O)OCc1cccc2cccnc12)/C=C/[C@@H]1OC(=O)C=C[C@@H]1C. The third-order valence-electron chi connectivity index (χ3n) is 9.20. The van der Waals surface area contributed by atoms with Crippen LogP contribution >= 0.6 is 0 Å². The number of rotatable bonds is 17. The van der Waals surface area contributed by atoms with E-state index >= 15 is 0 Å². The van der Waals surface area contributed by atoms with Gasteiger partial charge in [0.15, 0.2) is 0 Å². The lowest BCUT2D eigenvalue weighted by Gasteiger charge is -2.25. The molecule has 0 saturated heterocycles. The Morgan fingerprint density at radius 3 is 2.54 bits per heavy atom. The number of aliphatic hydroxyl groups excluding tert-OH is 1. The third kappa shape index (κ3) is 12.5. The summed E-state index contributed by atoms with van der Waals surface area (Å²) in [6, 6.07) is 9.61. The number of benzene rings is 1. The highest BCUT2D eigenvalue weighted by Gasteiger charge is 2.29. The summed E-state index contributed by atoms with van der Waals surface area (Å²) in [6.45, 7) is 15.8. The first-order chi connectivity index (χ1) is 23.8. The van der Waals surface area contributed by atoms with Gasteiger partial charge in [0.05, 0.1) is 11.6 Å². The normalized spacial score (nSPS) is 20.5. The molecule has 0 fully saturated rings. The molecular weight excluding hydrogens is 626 g/mol. The summed E-state index contributed by atoms with van der Waals surface area (Å²) >= 11 is 0. The van der Waals surface area contributed by atoms with Crippen LogP contribution in [0.4, 0.5) is 0 Å². The molecule has 2 aromatic rings. The van der Waals surface area contributed by atoms with Gasteiger partial charge in [-0.1, -0.05) is 119 Å². The maximum Gasteiger partial charge on any atom is 0.331 e. The molecule has 7 nitrogen and oxygen atoms in total. The van der Waals surface area contributed by atoms with Crippen LogP contribution in [0.3, 0.4) is 0 Å². The highest BCUT2D eigenvalue weighted by molar-refractivity contribution is 5.85. The summed E-state index contributed by atoms with van der Waals surface area (Å²) in [5, 5.41) is 12.1. The van der Waals surface area contributed by atoms with Crippen LogP contribution in [0.2, 0.25) is 0 Å². The van der Waals surface area contributed by atoms with E-state index in [1.165, 1.54) is 17.7 Å². The molecule has 7 heteroatoms. The molecule has 268 valence electrons. The number of fused-ring (bicyclic) bond motifs is 1. The molecule has 1 N–H and O–H groups in total. The van der Waals surface area contributed by atoms with Gasteiger partial charge in [0.1, 0.15) is 18.5 Å². The number of cyclic esters (lactones) is 1. The molecule has 0 bridgehead atoms. The highest BCUT2D eigenvalue weighted by atomic mass is 16.5. The van der Waals surface area contributed by atoms with Crippen molar-refractivity contribution in [1.29, 1.82) is 0 Å². The Bertz CT molecular complexity index is 1650. The van der Waals surface area contributed by atoms with E-state index in [9.17, 15) is 19.5 Å². The molecule has 2 heterocycles. The predicted octanol–water partition coefficient (Wildman–Crippen LogP) is 8.99. The Balaban J connectivity index is 1.47. The molecule has 0 amide bonds. The lowest BCUT2D eigenvalue weighted by atomic mass is 9.83. The fourth-order valence-electron chi connectivity index (χ4n) is 6.22. The summed E-state index contributed by atoms with van der Waals surface area (Å²) in [4.78, 5) is 41.8. The Morgan fingerprint density at radius 1 is 1.06 bits per heavy atom. The lowest BCUT2D eigenvalue weighted by Crippen LogP contribution is -2.34. The molecule has 1 aliphatic rings. The van der Waals surface area contributed by atoms with E-state index in [2.05, 4.69) is 37.1 Å². The number of carbonyl (C=O) groups excluding carboxylic acids is 3. The van der Waals surface area contributed by atoms with Crippen molar-refractivity contribution < 1.29 is 29.0 Å². The molecule has 0 radical (unpaired) electrons. The molecule has 3 rings (SSSR count). The maximum absolute atomic E-state index is 13.3. The van der Waals surface area contributed by atoms with Gasteiger partial charge in [0, 0.05) is 47.1 Å². The van der Waals surface area contributed by atoms with Crippen molar-refractivity contribution in [2.45, 2.75) is 93.5 Å². The molecule has 1 aromatic heterocycles. The molecular formula is C43H55NO6. The number of hydrogen-bond acceptors (Lipinski definition) is 7. The van der Waals surface area contributed by atoms with Gasteiger partial charge in [-0.3, -0.25) is 9.78 Å². The highest BCUT2D eigenvalue weighted by Crippen LogP contribution is 2.25. The first kappa shape index (κ1) is 40.1. The summed E-state index contributed by atoms with van der Waals surface area (Å²) in [7, 11) is 0.